The van der Waals surface area contributed by atoms with Crippen LogP contribution in [0.5, 0.6) is 0 Å². The van der Waals surface area contributed by atoms with Crippen molar-refractivity contribution < 1.29 is 9.90 Å². The van der Waals surface area contributed by atoms with E-state index in [1.165, 1.54) is 6.42 Å². The van der Waals surface area contributed by atoms with E-state index in [0.717, 1.165) is 25.7 Å². The van der Waals surface area contributed by atoms with Crippen LogP contribution in [0.15, 0.2) is 0 Å². The van der Waals surface area contributed by atoms with Crippen LogP contribution in [-0.4, -0.2) is 17.0 Å². The maximum atomic E-state index is 11.6. The van der Waals surface area contributed by atoms with Crippen molar-refractivity contribution in [2.75, 3.05) is 0 Å². The fourth-order valence-corrected chi connectivity index (χ4v) is 2.87. The van der Waals surface area contributed by atoms with Crippen LogP contribution >= 0.6 is 0 Å². The maximum Gasteiger partial charge on any atom is 0.138 e. The number of hydrogen-bond acceptors (Lipinski definition) is 2. The van der Waals surface area contributed by atoms with Gasteiger partial charge in [0, 0.05) is 12.3 Å². The number of Topliss-reactive ketones (excluding diaryl/α,β-unsaturated/α-hetero) is 1. The predicted molar refractivity (Wildman–Crippen MR) is 50.3 cm³/mol. The molecule has 2 nitrogen and oxygen atoms in total. The lowest BCUT2D eigenvalue weighted by atomic mass is 9.69. The third-order valence-corrected chi connectivity index (χ3v) is 3.85. The highest BCUT2D eigenvalue weighted by molar-refractivity contribution is 5.82. The molecule has 0 aromatic heterocycles. The van der Waals surface area contributed by atoms with Gasteiger partial charge in [0.15, 0.2) is 0 Å². The molecule has 0 aromatic rings. The molecule has 0 heterocycles. The van der Waals surface area contributed by atoms with Crippen molar-refractivity contribution in [2.24, 2.45) is 11.3 Å². The molecule has 0 spiro atoms. The standard InChI is InChI=1S/C11H18O2/c1-11-5-2-3-9(12)8(7-11)10(13)4-6-11/h8-9,12H,2-7H2,1H3/t8?,9-,11?/m0/s1. The monoisotopic (exact) mass is 182 g/mol. The van der Waals surface area contributed by atoms with Gasteiger partial charge in [0.2, 0.25) is 0 Å². The molecule has 74 valence electrons. The van der Waals surface area contributed by atoms with Crippen molar-refractivity contribution in [1.82, 2.24) is 0 Å². The molecule has 2 unspecified atom stereocenters. The topological polar surface area (TPSA) is 37.3 Å². The van der Waals surface area contributed by atoms with Gasteiger partial charge in [-0.2, -0.15) is 0 Å². The Morgan fingerprint density at radius 3 is 3.00 bits per heavy atom. The van der Waals surface area contributed by atoms with E-state index < -0.39 is 0 Å². The number of aliphatic hydroxyl groups excluding tert-OH is 1. The second kappa shape index (κ2) is 3.09. The van der Waals surface area contributed by atoms with E-state index in [1.807, 2.05) is 0 Å². The van der Waals surface area contributed by atoms with Gasteiger partial charge in [-0.15, -0.1) is 0 Å². The summed E-state index contributed by atoms with van der Waals surface area (Å²) < 4.78 is 0. The normalized spacial score (nSPS) is 45.8. The van der Waals surface area contributed by atoms with Gasteiger partial charge in [-0.3, -0.25) is 4.79 Å². The Hall–Kier alpha value is -0.370. The van der Waals surface area contributed by atoms with E-state index in [0.29, 0.717) is 17.6 Å². The van der Waals surface area contributed by atoms with Crippen molar-refractivity contribution in [3.63, 3.8) is 0 Å². The first-order chi connectivity index (χ1) is 6.11. The summed E-state index contributed by atoms with van der Waals surface area (Å²) in [6, 6.07) is 0. The van der Waals surface area contributed by atoms with Crippen LogP contribution in [0.4, 0.5) is 0 Å². The van der Waals surface area contributed by atoms with E-state index in [4.69, 9.17) is 0 Å². The van der Waals surface area contributed by atoms with Gasteiger partial charge in [0.1, 0.15) is 5.78 Å². The zero-order chi connectivity index (χ0) is 9.47. The quantitative estimate of drug-likeness (QED) is 0.621. The Morgan fingerprint density at radius 2 is 2.23 bits per heavy atom. The minimum Gasteiger partial charge on any atom is -0.392 e. The van der Waals surface area contributed by atoms with Crippen LogP contribution in [-0.2, 0) is 4.79 Å². The molecule has 3 atom stereocenters. The lowest BCUT2D eigenvalue weighted by Gasteiger charge is -2.36. The van der Waals surface area contributed by atoms with Crippen LogP contribution in [0, 0.1) is 11.3 Å². The Balaban J connectivity index is 2.20. The van der Waals surface area contributed by atoms with E-state index >= 15 is 0 Å². The third-order valence-electron chi connectivity index (χ3n) is 3.85. The number of hydrogen-bond donors (Lipinski definition) is 1. The van der Waals surface area contributed by atoms with Gasteiger partial charge < -0.3 is 5.11 Å². The zero-order valence-corrected chi connectivity index (χ0v) is 8.25. The number of ketones is 1. The largest absolute Gasteiger partial charge is 0.392 e. The summed E-state index contributed by atoms with van der Waals surface area (Å²) in [5.74, 6) is 0.258. The first-order valence-corrected chi connectivity index (χ1v) is 5.32. The Kier molecular flexibility index (Phi) is 2.18. The summed E-state index contributed by atoms with van der Waals surface area (Å²) in [4.78, 5) is 11.6. The highest BCUT2D eigenvalue weighted by atomic mass is 16.3. The molecule has 2 fully saturated rings. The molecule has 0 radical (unpaired) electrons. The van der Waals surface area contributed by atoms with Crippen LogP contribution in [0.1, 0.15) is 45.4 Å². The number of carbonyl (C=O) groups excluding carboxylic acids is 1. The van der Waals surface area contributed by atoms with Gasteiger partial charge in [0.05, 0.1) is 6.10 Å². The minimum atomic E-state index is -0.352. The van der Waals surface area contributed by atoms with Crippen LogP contribution in [0.3, 0.4) is 0 Å². The molecule has 2 aliphatic carbocycles. The molecular weight excluding hydrogens is 164 g/mol. The Morgan fingerprint density at radius 1 is 1.46 bits per heavy atom. The summed E-state index contributed by atoms with van der Waals surface area (Å²) >= 11 is 0. The third kappa shape index (κ3) is 1.64. The predicted octanol–water partition coefficient (Wildman–Crippen LogP) is 1.91. The van der Waals surface area contributed by atoms with Crippen LogP contribution in [0.25, 0.3) is 0 Å². The van der Waals surface area contributed by atoms with E-state index in [9.17, 15) is 9.90 Å². The van der Waals surface area contributed by atoms with Crippen LogP contribution in [0.2, 0.25) is 0 Å². The average Bonchev–Trinajstić information content (AvgIpc) is 2.20. The highest BCUT2D eigenvalue weighted by Crippen LogP contribution is 2.45. The molecule has 0 aliphatic heterocycles. The van der Waals surface area contributed by atoms with Gasteiger partial charge in [-0.05, 0) is 31.1 Å². The summed E-state index contributed by atoms with van der Waals surface area (Å²) in [6.45, 7) is 2.27. The van der Waals surface area contributed by atoms with Crippen LogP contribution < -0.4 is 0 Å². The van der Waals surface area contributed by atoms with Crippen molar-refractivity contribution in [2.45, 2.75) is 51.6 Å². The fraction of sp³-hybridized carbons (Fsp3) is 0.909. The highest BCUT2D eigenvalue weighted by Gasteiger charge is 2.41. The summed E-state index contributed by atoms with van der Waals surface area (Å²) in [5.41, 5.74) is 0.343. The lowest BCUT2D eigenvalue weighted by molar-refractivity contribution is -0.131. The molecule has 2 aliphatic rings. The molecular formula is C11H18O2. The summed E-state index contributed by atoms with van der Waals surface area (Å²) in [7, 11) is 0. The molecule has 0 saturated heterocycles. The number of carbonyl (C=O) groups is 1. The second-order valence-corrected chi connectivity index (χ2v) is 5.05. The zero-order valence-electron chi connectivity index (χ0n) is 8.25. The van der Waals surface area contributed by atoms with Gasteiger partial charge in [0.25, 0.3) is 0 Å². The molecule has 2 rings (SSSR count). The number of fused-ring (bicyclic) bond motifs is 2. The van der Waals surface area contributed by atoms with Crippen molar-refractivity contribution in [3.8, 4) is 0 Å². The van der Waals surface area contributed by atoms with E-state index in [-0.39, 0.29) is 12.0 Å². The lowest BCUT2D eigenvalue weighted by Crippen LogP contribution is -2.36. The van der Waals surface area contributed by atoms with Gasteiger partial charge >= 0.3 is 0 Å². The first kappa shape index (κ1) is 9.20. The molecule has 2 saturated carbocycles. The molecule has 13 heavy (non-hydrogen) atoms. The van der Waals surface area contributed by atoms with Crippen molar-refractivity contribution >= 4 is 5.78 Å². The molecule has 1 N–H and O–H groups in total. The first-order valence-electron chi connectivity index (χ1n) is 5.32. The number of aliphatic hydroxyl groups is 1. The van der Waals surface area contributed by atoms with Gasteiger partial charge in [-0.1, -0.05) is 13.3 Å². The number of rotatable bonds is 0. The average molecular weight is 182 g/mol. The smallest absolute Gasteiger partial charge is 0.138 e. The van der Waals surface area contributed by atoms with E-state index in [2.05, 4.69) is 6.92 Å². The van der Waals surface area contributed by atoms with Crippen molar-refractivity contribution in [1.29, 1.82) is 0 Å². The van der Waals surface area contributed by atoms with E-state index in [1.54, 1.807) is 0 Å². The molecule has 2 bridgehead atoms. The Bertz CT molecular complexity index is 224. The molecule has 0 aromatic carbocycles. The molecule has 0 amide bonds. The summed E-state index contributed by atoms with van der Waals surface area (Å²) in [5, 5.41) is 9.76. The van der Waals surface area contributed by atoms with Gasteiger partial charge in [-0.25, -0.2) is 0 Å². The second-order valence-electron chi connectivity index (χ2n) is 5.05. The minimum absolute atomic E-state index is 0.0405. The Labute approximate surface area is 79.3 Å². The molecule has 2 heteroatoms. The maximum absolute atomic E-state index is 11.6. The van der Waals surface area contributed by atoms with Crippen molar-refractivity contribution in [3.05, 3.63) is 0 Å². The summed E-state index contributed by atoms with van der Waals surface area (Å²) in [6.07, 6.45) is 5.40. The fourth-order valence-electron chi connectivity index (χ4n) is 2.87. The SMILES string of the molecule is CC12CCC[C@H](O)C(C1)C(=O)CC2.